The molecule has 0 bridgehead atoms. The summed E-state index contributed by atoms with van der Waals surface area (Å²) in [6, 6.07) is 17.6. The lowest BCUT2D eigenvalue weighted by Gasteiger charge is -2.08. The molecule has 0 saturated carbocycles. The van der Waals surface area contributed by atoms with Gasteiger partial charge in [0.2, 0.25) is 5.55 Å². The maximum absolute atomic E-state index is 13.1. The molecule has 2 aromatic heterocycles. The fraction of sp³-hybridized carbons (Fsp3) is 0.125. The van der Waals surface area contributed by atoms with E-state index in [1.54, 1.807) is 24.3 Å². The van der Waals surface area contributed by atoms with Crippen LogP contribution in [0, 0.1) is 20.8 Å². The predicted octanol–water partition coefficient (Wildman–Crippen LogP) is 4.94. The van der Waals surface area contributed by atoms with Gasteiger partial charge in [0.15, 0.2) is 0 Å². The maximum atomic E-state index is 13.1. The van der Waals surface area contributed by atoms with Crippen molar-refractivity contribution in [1.29, 1.82) is 0 Å². The second-order valence-corrected chi connectivity index (χ2v) is 7.14. The summed E-state index contributed by atoms with van der Waals surface area (Å²) in [7, 11) is 0. The lowest BCUT2D eigenvalue weighted by molar-refractivity contribution is 0.102. The van der Waals surface area contributed by atoms with E-state index in [1.807, 2.05) is 51.1 Å². The first-order chi connectivity index (χ1) is 14.4. The minimum absolute atomic E-state index is 0.0742. The van der Waals surface area contributed by atoms with Crippen molar-refractivity contribution in [3.05, 3.63) is 88.6 Å². The van der Waals surface area contributed by atoms with Crippen LogP contribution in [0.15, 0.2) is 70.1 Å². The second kappa shape index (κ2) is 7.83. The van der Waals surface area contributed by atoms with Gasteiger partial charge >= 0.3 is 0 Å². The van der Waals surface area contributed by atoms with E-state index < -0.39 is 0 Å². The highest BCUT2D eigenvalue weighted by molar-refractivity contribution is 6.05. The number of hydrogen-bond donors (Lipinski definition) is 2. The zero-order valence-electron chi connectivity index (χ0n) is 16.9. The van der Waals surface area contributed by atoms with Crippen molar-refractivity contribution in [3.8, 4) is 5.75 Å². The van der Waals surface area contributed by atoms with Crippen LogP contribution in [0.3, 0.4) is 0 Å². The second-order valence-electron chi connectivity index (χ2n) is 7.14. The van der Waals surface area contributed by atoms with Crippen LogP contribution in [0.5, 0.6) is 5.75 Å². The molecule has 0 saturated heterocycles. The lowest BCUT2D eigenvalue weighted by Crippen LogP contribution is -2.22. The van der Waals surface area contributed by atoms with Crippen LogP contribution in [0.4, 0.5) is 11.5 Å². The Morgan fingerprint density at radius 2 is 1.83 bits per heavy atom. The third-order valence-electron chi connectivity index (χ3n) is 4.91. The number of nitrogens with zero attached hydrogens (tertiary/aromatic N) is 2. The number of aromatic nitrogens is 1. The van der Waals surface area contributed by atoms with Gasteiger partial charge in [-0.25, -0.2) is 9.98 Å². The van der Waals surface area contributed by atoms with Crippen molar-refractivity contribution in [2.75, 3.05) is 5.32 Å². The summed E-state index contributed by atoms with van der Waals surface area (Å²) in [4.78, 5) is 22.0. The normalized spacial score (nSPS) is 11.6. The lowest BCUT2D eigenvalue weighted by atomic mass is 10.1. The molecule has 2 N–H and O–H groups in total. The summed E-state index contributed by atoms with van der Waals surface area (Å²) in [5, 5.41) is 13.3. The van der Waals surface area contributed by atoms with Crippen LogP contribution < -0.4 is 10.9 Å². The molecule has 0 aliphatic rings. The predicted molar refractivity (Wildman–Crippen MR) is 116 cm³/mol. The van der Waals surface area contributed by atoms with Gasteiger partial charge in [-0.15, -0.1) is 0 Å². The summed E-state index contributed by atoms with van der Waals surface area (Å²) in [5.74, 6) is 0.143. The highest BCUT2D eigenvalue weighted by atomic mass is 16.3. The fourth-order valence-corrected chi connectivity index (χ4v) is 3.12. The van der Waals surface area contributed by atoms with E-state index >= 15 is 0 Å². The van der Waals surface area contributed by atoms with Crippen molar-refractivity contribution in [2.24, 2.45) is 4.99 Å². The molecule has 1 amide bonds. The largest absolute Gasteiger partial charge is 0.508 e. The Labute approximate surface area is 173 Å². The molecule has 0 atom stereocenters. The zero-order valence-corrected chi connectivity index (χ0v) is 16.9. The van der Waals surface area contributed by atoms with Gasteiger partial charge in [-0.2, -0.15) is 0 Å². The van der Waals surface area contributed by atoms with Gasteiger partial charge in [0.1, 0.15) is 22.7 Å². The molecule has 0 radical (unpaired) electrons. The molecule has 6 heteroatoms. The van der Waals surface area contributed by atoms with Gasteiger partial charge in [0.25, 0.3) is 5.91 Å². The van der Waals surface area contributed by atoms with Crippen LogP contribution >= 0.6 is 0 Å². The molecule has 0 aliphatic heterocycles. The van der Waals surface area contributed by atoms with Gasteiger partial charge in [-0.3, -0.25) is 4.79 Å². The minimum Gasteiger partial charge on any atom is -0.508 e. The number of fused-ring (bicyclic) bond motifs is 1. The van der Waals surface area contributed by atoms with Gasteiger partial charge in [0.05, 0.1) is 5.69 Å². The van der Waals surface area contributed by atoms with Crippen molar-refractivity contribution in [2.45, 2.75) is 20.8 Å². The van der Waals surface area contributed by atoms with Crippen LogP contribution in [0.1, 0.15) is 27.2 Å². The summed E-state index contributed by atoms with van der Waals surface area (Å²) >= 11 is 0. The fourth-order valence-electron chi connectivity index (χ4n) is 3.12. The number of hydrogen-bond acceptors (Lipinski definition) is 5. The number of nitrogens with one attached hydrogen (secondary N) is 1. The monoisotopic (exact) mass is 399 g/mol. The smallest absolute Gasteiger partial charge is 0.262 e. The molecule has 2 heterocycles. The summed E-state index contributed by atoms with van der Waals surface area (Å²) in [5.41, 5.74) is 4.46. The molecule has 4 rings (SSSR count). The number of phenolic OH excluding ortho intramolecular Hbond substituents is 1. The topological polar surface area (TPSA) is 87.7 Å². The number of rotatable bonds is 3. The number of carbonyl (C=O) groups is 1. The van der Waals surface area contributed by atoms with E-state index in [0.29, 0.717) is 22.5 Å². The average Bonchev–Trinajstić information content (AvgIpc) is 2.71. The Morgan fingerprint density at radius 3 is 2.63 bits per heavy atom. The molecule has 30 heavy (non-hydrogen) atoms. The molecule has 0 spiro atoms. The van der Waals surface area contributed by atoms with E-state index in [1.165, 1.54) is 6.07 Å². The van der Waals surface area contributed by atoms with Gasteiger partial charge in [-0.05, 0) is 68.3 Å². The Kier molecular flexibility index (Phi) is 5.06. The SMILES string of the molecule is Cc1cccc(NC(=O)c2cc3ccc(O)cc3oc2=Nc2cccc(C)c2C)n1. The molecule has 4 aromatic rings. The summed E-state index contributed by atoms with van der Waals surface area (Å²) in [6.45, 7) is 5.83. The molecule has 0 fully saturated rings. The first-order valence-electron chi connectivity index (χ1n) is 9.53. The number of carbonyl (C=O) groups excluding carboxylic acids is 1. The Morgan fingerprint density at radius 1 is 1.03 bits per heavy atom. The van der Waals surface area contributed by atoms with E-state index in [2.05, 4.69) is 15.3 Å². The van der Waals surface area contributed by atoms with Crippen LogP contribution in [0.2, 0.25) is 0 Å². The van der Waals surface area contributed by atoms with E-state index in [-0.39, 0.29) is 22.8 Å². The number of phenols is 1. The first-order valence-corrected chi connectivity index (χ1v) is 9.53. The van der Waals surface area contributed by atoms with Crippen molar-refractivity contribution >= 4 is 28.4 Å². The summed E-state index contributed by atoms with van der Waals surface area (Å²) < 4.78 is 5.95. The number of amides is 1. The van der Waals surface area contributed by atoms with Gasteiger partial charge in [0, 0.05) is 17.1 Å². The van der Waals surface area contributed by atoms with Gasteiger partial charge in [-0.1, -0.05) is 18.2 Å². The van der Waals surface area contributed by atoms with Crippen molar-refractivity contribution < 1.29 is 14.3 Å². The highest BCUT2D eigenvalue weighted by Crippen LogP contribution is 2.23. The van der Waals surface area contributed by atoms with Crippen LogP contribution in [-0.2, 0) is 0 Å². The van der Waals surface area contributed by atoms with Crippen LogP contribution in [-0.4, -0.2) is 16.0 Å². The Hall–Kier alpha value is -3.93. The van der Waals surface area contributed by atoms with E-state index in [0.717, 1.165) is 16.8 Å². The highest BCUT2D eigenvalue weighted by Gasteiger charge is 2.14. The number of aromatic hydroxyl groups is 1. The molecule has 0 aliphatic carbocycles. The van der Waals surface area contributed by atoms with Crippen molar-refractivity contribution in [1.82, 2.24) is 4.98 Å². The van der Waals surface area contributed by atoms with Crippen LogP contribution in [0.25, 0.3) is 11.0 Å². The first kappa shape index (κ1) is 19.4. The Balaban J connectivity index is 1.89. The van der Waals surface area contributed by atoms with Crippen molar-refractivity contribution in [3.63, 3.8) is 0 Å². The zero-order chi connectivity index (χ0) is 21.3. The third-order valence-corrected chi connectivity index (χ3v) is 4.91. The number of pyridine rings is 1. The third kappa shape index (κ3) is 3.93. The standard InChI is InChI=1S/C24H21N3O3/c1-14-6-4-8-20(16(14)3)26-24-19(12-17-10-11-18(28)13-21(17)30-24)23(29)27-22-9-5-7-15(2)25-22/h4-13,28H,1-3H3,(H,25,27,29). The van der Waals surface area contributed by atoms with E-state index in [9.17, 15) is 9.90 Å². The Bertz CT molecular complexity index is 1340. The molecular weight excluding hydrogens is 378 g/mol. The number of anilines is 1. The molecule has 6 nitrogen and oxygen atoms in total. The quantitative estimate of drug-likeness (QED) is 0.511. The summed E-state index contributed by atoms with van der Waals surface area (Å²) in [6.07, 6.45) is 0. The molecule has 0 unspecified atom stereocenters. The maximum Gasteiger partial charge on any atom is 0.262 e. The number of aryl methyl sites for hydroxylation is 2. The number of benzene rings is 2. The molecular formula is C24H21N3O3. The molecule has 2 aromatic carbocycles. The van der Waals surface area contributed by atoms with Gasteiger partial charge < -0.3 is 14.8 Å². The van der Waals surface area contributed by atoms with E-state index in [4.69, 9.17) is 4.42 Å². The average molecular weight is 399 g/mol. The molecule has 150 valence electrons. The minimum atomic E-state index is -0.379.